The van der Waals surface area contributed by atoms with E-state index in [4.69, 9.17) is 15.2 Å². The summed E-state index contributed by atoms with van der Waals surface area (Å²) in [7, 11) is 3.15. The van der Waals surface area contributed by atoms with E-state index in [0.717, 1.165) is 11.1 Å². The van der Waals surface area contributed by atoms with E-state index in [0.29, 0.717) is 18.7 Å². The molecule has 124 valence electrons. The Bertz CT molecular complexity index is 627. The lowest BCUT2D eigenvalue weighted by atomic mass is 10.1. The van der Waals surface area contributed by atoms with Crippen molar-refractivity contribution in [2.24, 2.45) is 5.73 Å². The molecule has 0 bridgehead atoms. The van der Waals surface area contributed by atoms with Gasteiger partial charge in [0.1, 0.15) is 11.8 Å². The van der Waals surface area contributed by atoms with Crippen molar-refractivity contribution in [2.75, 3.05) is 20.8 Å². The lowest BCUT2D eigenvalue weighted by Gasteiger charge is -2.20. The summed E-state index contributed by atoms with van der Waals surface area (Å²) in [5.74, 6) is -0.0744. The van der Waals surface area contributed by atoms with Crippen molar-refractivity contribution in [1.82, 2.24) is 4.90 Å². The van der Waals surface area contributed by atoms with Crippen molar-refractivity contribution in [3.8, 4) is 5.75 Å². The molecule has 0 aliphatic carbocycles. The third-order valence-electron chi connectivity index (χ3n) is 4.08. The molecular formula is C17H22N2O4. The zero-order valence-electron chi connectivity index (χ0n) is 13.6. The maximum atomic E-state index is 12.6. The van der Waals surface area contributed by atoms with Gasteiger partial charge in [-0.1, -0.05) is 18.2 Å². The molecule has 0 saturated carbocycles. The molecule has 2 amide bonds. The Balaban J connectivity index is 2.24. The fourth-order valence-electron chi connectivity index (χ4n) is 2.80. The number of nitrogens with two attached hydrogens (primary N) is 1. The first-order chi connectivity index (χ1) is 11.0. The zero-order chi connectivity index (χ0) is 17.0. The molecule has 1 fully saturated rings. The van der Waals surface area contributed by atoms with Gasteiger partial charge in [0.05, 0.1) is 13.2 Å². The molecule has 0 unspecified atom stereocenters. The predicted molar refractivity (Wildman–Crippen MR) is 86.8 cm³/mol. The number of methoxy groups -OCH3 is 2. The number of nitrogens with zero attached hydrogens (tertiary/aromatic N) is 1. The smallest absolute Gasteiger partial charge is 0.247 e. The maximum Gasteiger partial charge on any atom is 0.247 e. The molecule has 1 saturated heterocycles. The Kier molecular flexibility index (Phi) is 5.39. The highest BCUT2D eigenvalue weighted by atomic mass is 16.5. The molecular weight excluding hydrogens is 296 g/mol. The van der Waals surface area contributed by atoms with Crippen LogP contribution in [0.4, 0.5) is 0 Å². The Morgan fingerprint density at radius 1 is 1.30 bits per heavy atom. The van der Waals surface area contributed by atoms with Gasteiger partial charge in [-0.15, -0.1) is 0 Å². The van der Waals surface area contributed by atoms with E-state index < -0.39 is 11.9 Å². The third kappa shape index (κ3) is 3.71. The molecule has 2 N–H and O–H groups in total. The molecule has 1 aliphatic heterocycles. The largest absolute Gasteiger partial charge is 0.496 e. The SMILES string of the molecule is COc1ccccc1/C(C)=C/C(=O)N1C[C@@H](OC)C[C@H]1C(N)=O. The van der Waals surface area contributed by atoms with Crippen molar-refractivity contribution < 1.29 is 19.1 Å². The van der Waals surface area contributed by atoms with Gasteiger partial charge in [-0.3, -0.25) is 9.59 Å². The number of benzene rings is 1. The van der Waals surface area contributed by atoms with E-state index in [1.54, 1.807) is 14.2 Å². The minimum atomic E-state index is -0.630. The maximum absolute atomic E-state index is 12.6. The van der Waals surface area contributed by atoms with Crippen LogP contribution in [0.2, 0.25) is 0 Å². The van der Waals surface area contributed by atoms with E-state index in [1.807, 2.05) is 31.2 Å². The summed E-state index contributed by atoms with van der Waals surface area (Å²) in [5.41, 5.74) is 7.00. The van der Waals surface area contributed by atoms with Gasteiger partial charge in [-0.2, -0.15) is 0 Å². The predicted octanol–water partition coefficient (Wildman–Crippen LogP) is 1.20. The lowest BCUT2D eigenvalue weighted by Crippen LogP contribution is -2.43. The second-order valence-electron chi connectivity index (χ2n) is 5.53. The number of rotatable bonds is 5. The van der Waals surface area contributed by atoms with Crippen LogP contribution in [0.3, 0.4) is 0 Å². The van der Waals surface area contributed by atoms with E-state index in [1.165, 1.54) is 11.0 Å². The van der Waals surface area contributed by atoms with Crippen LogP contribution in [-0.4, -0.2) is 49.6 Å². The van der Waals surface area contributed by atoms with Crippen molar-refractivity contribution in [3.05, 3.63) is 35.9 Å². The highest BCUT2D eigenvalue weighted by molar-refractivity contribution is 5.98. The highest BCUT2D eigenvalue weighted by Crippen LogP contribution is 2.26. The first kappa shape index (κ1) is 17.0. The monoisotopic (exact) mass is 318 g/mol. The zero-order valence-corrected chi connectivity index (χ0v) is 13.6. The van der Waals surface area contributed by atoms with Gasteiger partial charge in [0.25, 0.3) is 0 Å². The van der Waals surface area contributed by atoms with Gasteiger partial charge < -0.3 is 20.1 Å². The first-order valence-electron chi connectivity index (χ1n) is 7.42. The Labute approximate surface area is 135 Å². The number of carbonyl (C=O) groups is 2. The molecule has 2 rings (SSSR count). The number of hydrogen-bond acceptors (Lipinski definition) is 4. The molecule has 1 aromatic carbocycles. The fourth-order valence-corrected chi connectivity index (χ4v) is 2.80. The minimum absolute atomic E-state index is 0.170. The second-order valence-corrected chi connectivity index (χ2v) is 5.53. The topological polar surface area (TPSA) is 81.9 Å². The molecule has 1 heterocycles. The van der Waals surface area contributed by atoms with E-state index in [9.17, 15) is 9.59 Å². The summed E-state index contributed by atoms with van der Waals surface area (Å²) < 4.78 is 10.6. The number of carbonyl (C=O) groups excluding carboxylic acids is 2. The fraction of sp³-hybridized carbons (Fsp3) is 0.412. The van der Waals surface area contributed by atoms with Crippen LogP contribution in [0.5, 0.6) is 5.75 Å². The van der Waals surface area contributed by atoms with Crippen LogP contribution < -0.4 is 10.5 Å². The minimum Gasteiger partial charge on any atom is -0.496 e. The van der Waals surface area contributed by atoms with Crippen LogP contribution in [0, 0.1) is 0 Å². The summed E-state index contributed by atoms with van der Waals surface area (Å²) >= 11 is 0. The van der Waals surface area contributed by atoms with Crippen molar-refractivity contribution >= 4 is 17.4 Å². The molecule has 6 nitrogen and oxygen atoms in total. The molecule has 1 aromatic rings. The summed E-state index contributed by atoms with van der Waals surface area (Å²) in [6.07, 6.45) is 1.77. The molecule has 0 radical (unpaired) electrons. The van der Waals surface area contributed by atoms with Crippen LogP contribution in [0.15, 0.2) is 30.3 Å². The van der Waals surface area contributed by atoms with E-state index in [-0.39, 0.29) is 12.0 Å². The average molecular weight is 318 g/mol. The standard InChI is InChI=1S/C17H22N2O4/c1-11(13-6-4-5-7-15(13)23-3)8-16(20)19-10-12(22-2)9-14(19)17(18)21/h4-8,12,14H,9-10H2,1-3H3,(H2,18,21)/b11-8+/t12-,14-/m0/s1. The highest BCUT2D eigenvalue weighted by Gasteiger charge is 2.38. The summed E-state index contributed by atoms with van der Waals surface area (Å²) in [5, 5.41) is 0. The lowest BCUT2D eigenvalue weighted by molar-refractivity contribution is -0.133. The van der Waals surface area contributed by atoms with Crippen molar-refractivity contribution in [1.29, 1.82) is 0 Å². The summed E-state index contributed by atoms with van der Waals surface area (Å²) in [4.78, 5) is 25.6. The van der Waals surface area contributed by atoms with Gasteiger partial charge >= 0.3 is 0 Å². The quantitative estimate of drug-likeness (QED) is 0.827. The number of hydrogen-bond donors (Lipinski definition) is 1. The Morgan fingerprint density at radius 2 is 2.00 bits per heavy atom. The molecule has 2 atom stereocenters. The van der Waals surface area contributed by atoms with E-state index >= 15 is 0 Å². The summed E-state index contributed by atoms with van der Waals surface area (Å²) in [6, 6.07) is 6.83. The normalized spacial score (nSPS) is 21.3. The van der Waals surface area contributed by atoms with Crippen LogP contribution >= 0.6 is 0 Å². The van der Waals surface area contributed by atoms with Gasteiger partial charge in [0.15, 0.2) is 0 Å². The van der Waals surface area contributed by atoms with Gasteiger partial charge in [-0.05, 0) is 18.6 Å². The molecule has 1 aliphatic rings. The Morgan fingerprint density at radius 3 is 2.61 bits per heavy atom. The number of allylic oxidation sites excluding steroid dienone is 1. The third-order valence-corrected chi connectivity index (χ3v) is 4.08. The first-order valence-corrected chi connectivity index (χ1v) is 7.42. The summed E-state index contributed by atoms with van der Waals surface area (Å²) in [6.45, 7) is 2.19. The van der Waals surface area contributed by atoms with Crippen LogP contribution in [0.25, 0.3) is 5.57 Å². The number of para-hydroxylation sites is 1. The van der Waals surface area contributed by atoms with Gasteiger partial charge in [0, 0.05) is 31.7 Å². The van der Waals surface area contributed by atoms with Crippen LogP contribution in [-0.2, 0) is 14.3 Å². The molecule has 23 heavy (non-hydrogen) atoms. The number of likely N-dealkylation sites (tertiary alicyclic amines) is 1. The van der Waals surface area contributed by atoms with Gasteiger partial charge in [0.2, 0.25) is 11.8 Å². The van der Waals surface area contributed by atoms with Gasteiger partial charge in [-0.25, -0.2) is 0 Å². The van der Waals surface area contributed by atoms with Crippen LogP contribution in [0.1, 0.15) is 18.9 Å². The molecule has 6 heteroatoms. The van der Waals surface area contributed by atoms with E-state index in [2.05, 4.69) is 0 Å². The number of ether oxygens (including phenoxy) is 2. The number of amides is 2. The average Bonchev–Trinajstić information content (AvgIpc) is 2.99. The van der Waals surface area contributed by atoms with Crippen molar-refractivity contribution in [2.45, 2.75) is 25.5 Å². The molecule has 0 aromatic heterocycles. The number of primary amides is 1. The Hall–Kier alpha value is -2.34. The second kappa shape index (κ2) is 7.28. The molecule has 0 spiro atoms. The van der Waals surface area contributed by atoms with Crippen molar-refractivity contribution in [3.63, 3.8) is 0 Å².